The highest BCUT2D eigenvalue weighted by Crippen LogP contribution is 2.16. The van der Waals surface area contributed by atoms with Crippen molar-refractivity contribution < 1.29 is 23.0 Å². The fourth-order valence-corrected chi connectivity index (χ4v) is 1.25. The van der Waals surface area contributed by atoms with Gasteiger partial charge in [0.1, 0.15) is 0 Å². The number of aliphatic hydroxyl groups is 1. The molecule has 0 saturated heterocycles. The smallest absolute Gasteiger partial charge is 0.395 e. The van der Waals surface area contributed by atoms with Crippen LogP contribution >= 0.6 is 0 Å². The van der Waals surface area contributed by atoms with Crippen LogP contribution in [0.5, 0.6) is 0 Å². The first kappa shape index (κ1) is 14.7. The van der Waals surface area contributed by atoms with Gasteiger partial charge in [-0.2, -0.15) is 13.2 Å². The Morgan fingerprint density at radius 3 is 2.33 bits per heavy atom. The summed E-state index contributed by atoms with van der Waals surface area (Å²) in [5, 5.41) is 8.60. The van der Waals surface area contributed by atoms with Gasteiger partial charge in [0.2, 0.25) is 0 Å². The van der Waals surface area contributed by atoms with Crippen LogP contribution in [0, 0.1) is 0 Å². The zero-order valence-electron chi connectivity index (χ0n) is 8.89. The maximum atomic E-state index is 12.1. The van der Waals surface area contributed by atoms with E-state index < -0.39 is 12.7 Å². The minimum Gasteiger partial charge on any atom is -0.395 e. The van der Waals surface area contributed by atoms with Gasteiger partial charge < -0.3 is 9.84 Å². The van der Waals surface area contributed by atoms with Gasteiger partial charge in [-0.3, -0.25) is 4.90 Å². The highest BCUT2D eigenvalue weighted by molar-refractivity contribution is 4.63. The van der Waals surface area contributed by atoms with Crippen LogP contribution in [-0.4, -0.2) is 56.1 Å². The van der Waals surface area contributed by atoms with E-state index in [4.69, 9.17) is 9.84 Å². The zero-order chi connectivity index (χ0) is 11.7. The summed E-state index contributed by atoms with van der Waals surface area (Å²) in [6.45, 7) is -0.254. The number of halogens is 3. The molecule has 92 valence electrons. The quantitative estimate of drug-likeness (QED) is 0.636. The molecule has 0 aromatic rings. The highest BCUT2D eigenvalue weighted by atomic mass is 19.4. The predicted octanol–water partition coefficient (Wildman–Crippen LogP) is 1.27. The number of hydrogen-bond acceptors (Lipinski definition) is 3. The van der Waals surface area contributed by atoms with E-state index in [0.717, 1.165) is 6.42 Å². The molecule has 0 saturated carbocycles. The van der Waals surface area contributed by atoms with Crippen molar-refractivity contribution >= 4 is 0 Å². The first-order valence-electron chi connectivity index (χ1n) is 4.88. The summed E-state index contributed by atoms with van der Waals surface area (Å²) in [5.74, 6) is 0. The monoisotopic (exact) mass is 229 g/mol. The van der Waals surface area contributed by atoms with Gasteiger partial charge in [-0.05, 0) is 19.4 Å². The van der Waals surface area contributed by atoms with Gasteiger partial charge in [-0.1, -0.05) is 0 Å². The molecule has 0 heterocycles. The molecule has 0 aliphatic carbocycles. The summed E-state index contributed by atoms with van der Waals surface area (Å²) in [4.78, 5) is 1.20. The van der Waals surface area contributed by atoms with Gasteiger partial charge in [0.15, 0.2) is 0 Å². The van der Waals surface area contributed by atoms with E-state index in [2.05, 4.69) is 0 Å². The number of aliphatic hydroxyl groups excluding tert-OH is 1. The van der Waals surface area contributed by atoms with Crippen LogP contribution in [0.3, 0.4) is 0 Å². The Morgan fingerprint density at radius 1 is 1.20 bits per heavy atom. The molecule has 6 heteroatoms. The van der Waals surface area contributed by atoms with E-state index in [0.29, 0.717) is 19.6 Å². The predicted molar refractivity (Wildman–Crippen MR) is 50.7 cm³/mol. The molecule has 0 aliphatic rings. The Morgan fingerprint density at radius 2 is 1.87 bits per heavy atom. The van der Waals surface area contributed by atoms with Gasteiger partial charge in [-0.15, -0.1) is 0 Å². The Hall–Kier alpha value is -0.330. The number of alkyl halides is 3. The average molecular weight is 229 g/mol. The molecule has 1 N–H and O–H groups in total. The van der Waals surface area contributed by atoms with Gasteiger partial charge >= 0.3 is 6.18 Å². The van der Waals surface area contributed by atoms with Crippen molar-refractivity contribution in [1.29, 1.82) is 0 Å². The fourth-order valence-electron chi connectivity index (χ4n) is 1.25. The van der Waals surface area contributed by atoms with Gasteiger partial charge in [0.05, 0.1) is 13.2 Å². The van der Waals surface area contributed by atoms with Crippen molar-refractivity contribution in [2.24, 2.45) is 0 Å². The second-order valence-electron chi connectivity index (χ2n) is 3.31. The molecule has 0 rings (SSSR count). The lowest BCUT2D eigenvalue weighted by molar-refractivity contribution is -0.146. The van der Waals surface area contributed by atoms with E-state index in [-0.39, 0.29) is 13.2 Å². The van der Waals surface area contributed by atoms with Crippen LogP contribution in [0.4, 0.5) is 13.2 Å². The minimum absolute atomic E-state index is 0.0620. The second-order valence-corrected chi connectivity index (χ2v) is 3.31. The molecule has 0 aromatic heterocycles. The summed E-state index contributed by atoms with van der Waals surface area (Å²) in [5.41, 5.74) is 0. The Labute approximate surface area is 87.8 Å². The fraction of sp³-hybridized carbons (Fsp3) is 1.00. The number of unbranched alkanes of at least 4 members (excludes halogenated alkanes) is 1. The van der Waals surface area contributed by atoms with Crippen LogP contribution < -0.4 is 0 Å². The van der Waals surface area contributed by atoms with Crippen LogP contribution in [0.15, 0.2) is 0 Å². The van der Waals surface area contributed by atoms with E-state index in [1.807, 2.05) is 0 Å². The number of rotatable bonds is 8. The normalized spacial score (nSPS) is 12.4. The van der Waals surface area contributed by atoms with Crippen molar-refractivity contribution in [1.82, 2.24) is 4.90 Å². The SMILES string of the molecule is COCCCCN(CCO)CC(F)(F)F. The Balaban J connectivity index is 3.73. The first-order chi connectivity index (χ1) is 6.99. The third-order valence-electron chi connectivity index (χ3n) is 1.89. The Kier molecular flexibility index (Phi) is 7.72. The van der Waals surface area contributed by atoms with Crippen molar-refractivity contribution in [3.63, 3.8) is 0 Å². The molecular formula is C9H18F3NO2. The molecule has 3 nitrogen and oxygen atoms in total. The highest BCUT2D eigenvalue weighted by Gasteiger charge is 2.30. The van der Waals surface area contributed by atoms with Gasteiger partial charge in [0, 0.05) is 20.3 Å². The second kappa shape index (κ2) is 7.90. The largest absolute Gasteiger partial charge is 0.401 e. The average Bonchev–Trinajstić information content (AvgIpc) is 2.10. The molecule has 0 bridgehead atoms. The maximum Gasteiger partial charge on any atom is 0.401 e. The molecule has 0 aliphatic heterocycles. The molecule has 0 amide bonds. The summed E-state index contributed by atoms with van der Waals surface area (Å²) < 4.78 is 41.0. The third-order valence-corrected chi connectivity index (χ3v) is 1.89. The summed E-state index contributed by atoms with van der Waals surface area (Å²) in [6, 6.07) is 0. The molecule has 0 unspecified atom stereocenters. The van der Waals surface area contributed by atoms with Crippen LogP contribution in [-0.2, 0) is 4.74 Å². The van der Waals surface area contributed by atoms with Gasteiger partial charge in [0.25, 0.3) is 0 Å². The minimum atomic E-state index is -4.20. The number of nitrogens with zero attached hydrogens (tertiary/aromatic N) is 1. The molecule has 0 aromatic carbocycles. The van der Waals surface area contributed by atoms with Crippen molar-refractivity contribution in [3.05, 3.63) is 0 Å². The summed E-state index contributed by atoms with van der Waals surface area (Å²) in [7, 11) is 1.56. The van der Waals surface area contributed by atoms with E-state index >= 15 is 0 Å². The van der Waals surface area contributed by atoms with Crippen LogP contribution in [0.25, 0.3) is 0 Å². The standard InChI is InChI=1S/C9H18F3NO2/c1-15-7-3-2-4-13(5-6-14)8-9(10,11)12/h14H,2-8H2,1H3. The lowest BCUT2D eigenvalue weighted by atomic mass is 10.3. The number of ether oxygens (including phenoxy) is 1. The molecule has 0 radical (unpaired) electrons. The van der Waals surface area contributed by atoms with Gasteiger partial charge in [-0.25, -0.2) is 0 Å². The molecule has 0 atom stereocenters. The van der Waals surface area contributed by atoms with Crippen LogP contribution in [0.1, 0.15) is 12.8 Å². The van der Waals surface area contributed by atoms with Crippen molar-refractivity contribution in [3.8, 4) is 0 Å². The molecule has 0 fully saturated rings. The first-order valence-corrected chi connectivity index (χ1v) is 4.88. The molecular weight excluding hydrogens is 211 g/mol. The maximum absolute atomic E-state index is 12.1. The zero-order valence-corrected chi connectivity index (χ0v) is 8.89. The topological polar surface area (TPSA) is 32.7 Å². The van der Waals surface area contributed by atoms with Crippen molar-refractivity contribution in [2.75, 3.05) is 40.0 Å². The lowest BCUT2D eigenvalue weighted by Crippen LogP contribution is -2.36. The third kappa shape index (κ3) is 9.96. The number of methoxy groups -OCH3 is 1. The Bertz CT molecular complexity index is 153. The van der Waals surface area contributed by atoms with Crippen LogP contribution in [0.2, 0.25) is 0 Å². The summed E-state index contributed by atoms with van der Waals surface area (Å²) in [6.07, 6.45) is -2.82. The van der Waals surface area contributed by atoms with E-state index in [9.17, 15) is 13.2 Å². The van der Waals surface area contributed by atoms with Crippen molar-refractivity contribution in [2.45, 2.75) is 19.0 Å². The van der Waals surface area contributed by atoms with E-state index in [1.54, 1.807) is 7.11 Å². The lowest BCUT2D eigenvalue weighted by Gasteiger charge is -2.22. The van der Waals surface area contributed by atoms with E-state index in [1.165, 1.54) is 4.90 Å². The molecule has 15 heavy (non-hydrogen) atoms. The summed E-state index contributed by atoms with van der Waals surface area (Å²) >= 11 is 0. The molecule has 0 spiro atoms. The number of hydrogen-bond donors (Lipinski definition) is 1.